The Balaban J connectivity index is 1.94. The second kappa shape index (κ2) is 8.26. The van der Waals surface area contributed by atoms with E-state index in [4.69, 9.17) is 9.47 Å². The van der Waals surface area contributed by atoms with Gasteiger partial charge < -0.3 is 14.8 Å². The van der Waals surface area contributed by atoms with Crippen LogP contribution in [0.4, 0.5) is 11.6 Å². The average molecular weight is 436 g/mol. The van der Waals surface area contributed by atoms with Gasteiger partial charge in [-0.15, -0.1) is 0 Å². The quantitative estimate of drug-likeness (QED) is 0.262. The lowest BCUT2D eigenvalue weighted by Gasteiger charge is -2.28. The summed E-state index contributed by atoms with van der Waals surface area (Å²) in [7, 11) is 2.67. The Morgan fingerprint density at radius 3 is 2.56 bits per heavy atom. The van der Waals surface area contributed by atoms with Crippen molar-refractivity contribution in [2.45, 2.75) is 6.04 Å². The molecule has 4 rings (SSSR count). The number of non-ortho nitro benzene ring substituents is 1. The van der Waals surface area contributed by atoms with Crippen LogP contribution in [0.1, 0.15) is 22.0 Å². The van der Waals surface area contributed by atoms with Crippen LogP contribution < -0.4 is 10.1 Å². The minimum absolute atomic E-state index is 0.0256. The predicted octanol–water partition coefficient (Wildman–Crippen LogP) is 1.91. The Kier molecular flexibility index (Phi) is 5.33. The van der Waals surface area contributed by atoms with Gasteiger partial charge >= 0.3 is 5.97 Å². The molecule has 162 valence electrons. The maximum Gasteiger partial charge on any atom is 0.355 e. The molecule has 3 aromatic rings. The molecule has 1 aromatic heterocycles. The number of anilines is 1. The number of rotatable bonds is 6. The average Bonchev–Trinajstić information content (AvgIpc) is 3.30. The molecule has 0 bridgehead atoms. The standard InChI is InChI=1S/C20H16N6O6/c1-31-14-8-6-11(7-9-14)18(27)15-16(19(28)32-2)21-20-22-23-24-25(20)17(15)12-4-3-5-13(10-12)26(29)30/h3-10,17H,1-2H3,(H,21,22,24)/t17-/m0/s1. The van der Waals surface area contributed by atoms with Gasteiger partial charge in [0, 0.05) is 17.7 Å². The van der Waals surface area contributed by atoms with Crippen LogP contribution >= 0.6 is 0 Å². The topological polar surface area (TPSA) is 151 Å². The van der Waals surface area contributed by atoms with E-state index < -0.39 is 22.7 Å². The first kappa shape index (κ1) is 20.7. The van der Waals surface area contributed by atoms with Crippen molar-refractivity contribution in [1.29, 1.82) is 0 Å². The number of fused-ring (bicyclic) bond motifs is 1. The van der Waals surface area contributed by atoms with E-state index in [0.29, 0.717) is 11.3 Å². The molecule has 12 nitrogen and oxygen atoms in total. The number of carbonyl (C=O) groups is 2. The third kappa shape index (κ3) is 3.53. The van der Waals surface area contributed by atoms with Gasteiger partial charge in [0.2, 0.25) is 5.95 Å². The molecule has 2 aromatic carbocycles. The zero-order chi connectivity index (χ0) is 22.8. The third-order valence-corrected chi connectivity index (χ3v) is 4.90. The first-order valence-electron chi connectivity index (χ1n) is 9.25. The number of hydrogen-bond donors (Lipinski definition) is 1. The van der Waals surface area contributed by atoms with Crippen LogP contribution in [0.3, 0.4) is 0 Å². The third-order valence-electron chi connectivity index (χ3n) is 4.90. The van der Waals surface area contributed by atoms with E-state index in [1.165, 1.54) is 37.1 Å². The fourth-order valence-corrected chi connectivity index (χ4v) is 3.40. The first-order chi connectivity index (χ1) is 15.4. The summed E-state index contributed by atoms with van der Waals surface area (Å²) in [5, 5.41) is 25.4. The zero-order valence-electron chi connectivity index (χ0n) is 16.9. The van der Waals surface area contributed by atoms with E-state index in [-0.39, 0.29) is 28.5 Å². The largest absolute Gasteiger partial charge is 0.497 e. The molecule has 0 fully saturated rings. The van der Waals surface area contributed by atoms with Gasteiger partial charge in [0.05, 0.1) is 24.7 Å². The highest BCUT2D eigenvalue weighted by molar-refractivity contribution is 6.15. The summed E-state index contributed by atoms with van der Waals surface area (Å²) in [4.78, 5) is 37.0. The predicted molar refractivity (Wildman–Crippen MR) is 109 cm³/mol. The minimum atomic E-state index is -1.02. The number of Topliss-reactive ketones (excluding diaryl/α,β-unsaturated/α-hetero) is 1. The molecule has 0 radical (unpaired) electrons. The fraction of sp³-hybridized carbons (Fsp3) is 0.150. The number of nitrogens with one attached hydrogen (secondary N) is 1. The maximum absolute atomic E-state index is 13.6. The molecule has 1 aliphatic heterocycles. The van der Waals surface area contributed by atoms with E-state index in [1.807, 2.05) is 0 Å². The molecule has 0 saturated heterocycles. The van der Waals surface area contributed by atoms with Crippen LogP contribution in [0.25, 0.3) is 0 Å². The number of hydrogen-bond acceptors (Lipinski definition) is 10. The van der Waals surface area contributed by atoms with E-state index in [9.17, 15) is 19.7 Å². The van der Waals surface area contributed by atoms with E-state index in [2.05, 4.69) is 20.8 Å². The van der Waals surface area contributed by atoms with Gasteiger partial charge in [-0.2, -0.15) is 4.68 Å². The van der Waals surface area contributed by atoms with Crippen molar-refractivity contribution < 1.29 is 24.0 Å². The Morgan fingerprint density at radius 1 is 1.16 bits per heavy atom. The number of ether oxygens (including phenoxy) is 2. The lowest BCUT2D eigenvalue weighted by molar-refractivity contribution is -0.384. The molecule has 0 amide bonds. The molecular formula is C20H16N6O6. The molecule has 1 aliphatic rings. The van der Waals surface area contributed by atoms with Gasteiger partial charge in [0.15, 0.2) is 5.78 Å². The van der Waals surface area contributed by atoms with Gasteiger partial charge in [0.25, 0.3) is 5.69 Å². The number of benzene rings is 2. The van der Waals surface area contributed by atoms with Crippen molar-refractivity contribution in [1.82, 2.24) is 20.2 Å². The minimum Gasteiger partial charge on any atom is -0.497 e. The zero-order valence-corrected chi connectivity index (χ0v) is 16.9. The highest BCUT2D eigenvalue weighted by Crippen LogP contribution is 2.37. The van der Waals surface area contributed by atoms with Crippen LogP contribution in [0.5, 0.6) is 5.75 Å². The van der Waals surface area contributed by atoms with Crippen LogP contribution in [0.15, 0.2) is 59.8 Å². The normalized spacial score (nSPS) is 14.9. The Hall–Kier alpha value is -4.61. The lowest BCUT2D eigenvalue weighted by atomic mass is 9.89. The Labute approximate surface area is 180 Å². The number of aromatic nitrogens is 4. The molecule has 1 N–H and O–H groups in total. The highest BCUT2D eigenvalue weighted by Gasteiger charge is 2.39. The first-order valence-corrected chi connectivity index (χ1v) is 9.25. The molecule has 32 heavy (non-hydrogen) atoms. The second-order valence-corrected chi connectivity index (χ2v) is 6.66. The SMILES string of the molecule is COC(=O)C1=C(C(=O)c2ccc(OC)cc2)[C@H](c2cccc([N+](=O)[O-])c2)n2nnnc2N1. The number of allylic oxidation sites excluding steroid dienone is 1. The van der Waals surface area contributed by atoms with Gasteiger partial charge in [0.1, 0.15) is 17.5 Å². The summed E-state index contributed by atoms with van der Waals surface area (Å²) in [6.45, 7) is 0. The smallest absolute Gasteiger partial charge is 0.355 e. The number of ketones is 1. The van der Waals surface area contributed by atoms with Crippen molar-refractivity contribution in [2.24, 2.45) is 0 Å². The van der Waals surface area contributed by atoms with E-state index in [0.717, 1.165) is 0 Å². The van der Waals surface area contributed by atoms with Gasteiger partial charge in [-0.3, -0.25) is 14.9 Å². The van der Waals surface area contributed by atoms with Gasteiger partial charge in [-0.1, -0.05) is 17.2 Å². The molecule has 12 heteroatoms. The van der Waals surface area contributed by atoms with Crippen LogP contribution in [0.2, 0.25) is 0 Å². The monoisotopic (exact) mass is 436 g/mol. The molecule has 0 unspecified atom stereocenters. The molecular weight excluding hydrogens is 420 g/mol. The molecule has 0 saturated carbocycles. The van der Waals surface area contributed by atoms with Gasteiger partial charge in [-0.05, 0) is 40.3 Å². The molecule has 1 atom stereocenters. The van der Waals surface area contributed by atoms with Crippen LogP contribution in [-0.4, -0.2) is 51.1 Å². The van der Waals surface area contributed by atoms with Crippen molar-refractivity contribution in [3.05, 3.63) is 81.0 Å². The summed E-state index contributed by atoms with van der Waals surface area (Å²) in [6, 6.07) is 11.0. The van der Waals surface area contributed by atoms with Crippen molar-refractivity contribution in [3.63, 3.8) is 0 Å². The number of carbonyl (C=O) groups excluding carboxylic acids is 2. The lowest BCUT2D eigenvalue weighted by Crippen LogP contribution is -2.33. The van der Waals surface area contributed by atoms with Gasteiger partial charge in [-0.25, -0.2) is 4.79 Å². The summed E-state index contributed by atoms with van der Waals surface area (Å²) in [5.41, 5.74) is 0.226. The fourth-order valence-electron chi connectivity index (χ4n) is 3.40. The number of esters is 1. The highest BCUT2D eigenvalue weighted by atomic mass is 16.6. The number of nitro benzene ring substituents is 1. The van der Waals surface area contributed by atoms with Crippen molar-refractivity contribution in [2.75, 3.05) is 19.5 Å². The van der Waals surface area contributed by atoms with E-state index >= 15 is 0 Å². The molecule has 2 heterocycles. The van der Waals surface area contributed by atoms with Crippen LogP contribution in [-0.2, 0) is 9.53 Å². The van der Waals surface area contributed by atoms with E-state index in [1.54, 1.807) is 30.3 Å². The summed E-state index contributed by atoms with van der Waals surface area (Å²) >= 11 is 0. The summed E-state index contributed by atoms with van der Waals surface area (Å²) in [5.74, 6) is -0.707. The molecule has 0 aliphatic carbocycles. The number of nitro groups is 1. The Bertz CT molecular complexity index is 1250. The van der Waals surface area contributed by atoms with Crippen molar-refractivity contribution >= 4 is 23.4 Å². The summed E-state index contributed by atoms with van der Waals surface area (Å²) in [6.07, 6.45) is 0. The number of nitrogens with zero attached hydrogens (tertiary/aromatic N) is 5. The van der Waals surface area contributed by atoms with Crippen LogP contribution in [0, 0.1) is 10.1 Å². The number of methoxy groups -OCH3 is 2. The Morgan fingerprint density at radius 2 is 1.91 bits per heavy atom. The van der Waals surface area contributed by atoms with Crippen molar-refractivity contribution in [3.8, 4) is 5.75 Å². The summed E-state index contributed by atoms with van der Waals surface area (Å²) < 4.78 is 11.3. The second-order valence-electron chi connectivity index (χ2n) is 6.66. The molecule has 0 spiro atoms. The number of tetrazole rings is 1. The maximum atomic E-state index is 13.6.